The van der Waals surface area contributed by atoms with Crippen molar-refractivity contribution in [2.75, 3.05) is 13.2 Å². The van der Waals surface area contributed by atoms with Gasteiger partial charge in [-0.25, -0.2) is 0 Å². The molecule has 0 aliphatic carbocycles. The first-order valence-electron chi connectivity index (χ1n) is 6.57. The first-order valence-corrected chi connectivity index (χ1v) is 6.57. The van der Waals surface area contributed by atoms with Gasteiger partial charge in [0, 0.05) is 32.0 Å². The molecular formula is C13H23N3O. The molecule has 1 N–H and O–H groups in total. The molecule has 1 saturated heterocycles. The molecule has 1 unspecified atom stereocenters. The lowest BCUT2D eigenvalue weighted by Crippen LogP contribution is -2.25. The fourth-order valence-electron chi connectivity index (χ4n) is 2.34. The second-order valence-corrected chi connectivity index (χ2v) is 4.87. The van der Waals surface area contributed by atoms with E-state index >= 15 is 0 Å². The molecule has 2 heterocycles. The van der Waals surface area contributed by atoms with Gasteiger partial charge in [0.25, 0.3) is 0 Å². The van der Waals surface area contributed by atoms with Gasteiger partial charge in [-0.05, 0) is 39.2 Å². The summed E-state index contributed by atoms with van der Waals surface area (Å²) in [5, 5.41) is 7.80. The van der Waals surface area contributed by atoms with E-state index in [0.29, 0.717) is 6.10 Å². The number of aryl methyl sites for hydroxylation is 2. The number of nitrogens with zero attached hydrogens (tertiary/aromatic N) is 2. The van der Waals surface area contributed by atoms with Crippen molar-refractivity contribution in [3.05, 3.63) is 17.5 Å². The minimum atomic E-state index is 0.478. The van der Waals surface area contributed by atoms with E-state index in [0.717, 1.165) is 31.8 Å². The Morgan fingerprint density at radius 2 is 2.41 bits per heavy atom. The fraction of sp³-hybridized carbons (Fsp3) is 0.769. The predicted octanol–water partition coefficient (Wildman–Crippen LogP) is 1.78. The average molecular weight is 237 g/mol. The molecule has 1 aliphatic heterocycles. The van der Waals surface area contributed by atoms with E-state index in [2.05, 4.69) is 23.5 Å². The quantitative estimate of drug-likeness (QED) is 0.793. The number of nitrogens with one attached hydrogen (secondary N) is 1. The third-order valence-electron chi connectivity index (χ3n) is 3.35. The van der Waals surface area contributed by atoms with Gasteiger partial charge in [-0.3, -0.25) is 4.68 Å². The van der Waals surface area contributed by atoms with Gasteiger partial charge < -0.3 is 10.1 Å². The van der Waals surface area contributed by atoms with Gasteiger partial charge >= 0.3 is 0 Å². The summed E-state index contributed by atoms with van der Waals surface area (Å²) >= 11 is 0. The standard InChI is InChI=1S/C13H23N3O/c1-11-12(10-16(2)15-11)9-14-7-6-13-5-3-4-8-17-13/h10,13-14H,3-9H2,1-2H3. The molecule has 0 radical (unpaired) electrons. The zero-order chi connectivity index (χ0) is 12.1. The Balaban J connectivity index is 1.64. The Hall–Kier alpha value is -0.870. The summed E-state index contributed by atoms with van der Waals surface area (Å²) in [5.74, 6) is 0. The molecule has 4 heteroatoms. The van der Waals surface area contributed by atoms with Crippen molar-refractivity contribution >= 4 is 0 Å². The normalized spacial score (nSPS) is 20.7. The topological polar surface area (TPSA) is 39.1 Å². The second kappa shape index (κ2) is 6.17. The van der Waals surface area contributed by atoms with Crippen LogP contribution in [0.5, 0.6) is 0 Å². The van der Waals surface area contributed by atoms with E-state index in [4.69, 9.17) is 4.74 Å². The van der Waals surface area contributed by atoms with Crippen LogP contribution in [0.25, 0.3) is 0 Å². The smallest absolute Gasteiger partial charge is 0.0638 e. The molecule has 2 rings (SSSR count). The molecule has 1 aromatic rings. The summed E-state index contributed by atoms with van der Waals surface area (Å²) in [4.78, 5) is 0. The van der Waals surface area contributed by atoms with Crippen LogP contribution in [0.15, 0.2) is 6.20 Å². The van der Waals surface area contributed by atoms with Crippen LogP contribution < -0.4 is 5.32 Å². The number of rotatable bonds is 5. The van der Waals surface area contributed by atoms with Gasteiger partial charge in [-0.1, -0.05) is 0 Å². The zero-order valence-corrected chi connectivity index (χ0v) is 10.9. The van der Waals surface area contributed by atoms with Crippen LogP contribution in [0, 0.1) is 6.92 Å². The van der Waals surface area contributed by atoms with Crippen LogP contribution in [-0.4, -0.2) is 29.0 Å². The van der Waals surface area contributed by atoms with E-state index < -0.39 is 0 Å². The molecule has 0 amide bonds. The summed E-state index contributed by atoms with van der Waals surface area (Å²) in [6.45, 7) is 4.94. The van der Waals surface area contributed by atoms with Gasteiger partial charge in [0.15, 0.2) is 0 Å². The van der Waals surface area contributed by atoms with E-state index in [9.17, 15) is 0 Å². The lowest BCUT2D eigenvalue weighted by Gasteiger charge is -2.22. The summed E-state index contributed by atoms with van der Waals surface area (Å²) in [5.41, 5.74) is 2.41. The molecule has 17 heavy (non-hydrogen) atoms. The highest BCUT2D eigenvalue weighted by Crippen LogP contribution is 2.14. The molecule has 0 spiro atoms. The number of hydrogen-bond acceptors (Lipinski definition) is 3. The van der Waals surface area contributed by atoms with Crippen LogP contribution in [0.4, 0.5) is 0 Å². The Morgan fingerprint density at radius 1 is 1.53 bits per heavy atom. The second-order valence-electron chi connectivity index (χ2n) is 4.87. The van der Waals surface area contributed by atoms with Crippen molar-refractivity contribution in [3.63, 3.8) is 0 Å². The van der Waals surface area contributed by atoms with Crippen LogP contribution in [-0.2, 0) is 18.3 Å². The maximum Gasteiger partial charge on any atom is 0.0638 e. The molecule has 1 atom stereocenters. The molecule has 0 bridgehead atoms. The molecule has 1 aromatic heterocycles. The van der Waals surface area contributed by atoms with Crippen molar-refractivity contribution in [1.82, 2.24) is 15.1 Å². The number of hydrogen-bond donors (Lipinski definition) is 1. The maximum atomic E-state index is 5.70. The molecule has 1 aliphatic rings. The highest BCUT2D eigenvalue weighted by molar-refractivity contribution is 5.14. The minimum Gasteiger partial charge on any atom is -0.378 e. The van der Waals surface area contributed by atoms with Gasteiger partial charge in [-0.2, -0.15) is 5.10 Å². The molecule has 0 saturated carbocycles. The monoisotopic (exact) mass is 237 g/mol. The maximum absolute atomic E-state index is 5.70. The van der Waals surface area contributed by atoms with Crippen molar-refractivity contribution in [3.8, 4) is 0 Å². The van der Waals surface area contributed by atoms with E-state index in [-0.39, 0.29) is 0 Å². The van der Waals surface area contributed by atoms with E-state index in [1.165, 1.54) is 24.8 Å². The lowest BCUT2D eigenvalue weighted by molar-refractivity contribution is 0.0115. The van der Waals surface area contributed by atoms with Crippen molar-refractivity contribution in [1.29, 1.82) is 0 Å². The predicted molar refractivity (Wildman–Crippen MR) is 67.9 cm³/mol. The van der Waals surface area contributed by atoms with E-state index in [1.807, 2.05) is 11.7 Å². The summed E-state index contributed by atoms with van der Waals surface area (Å²) < 4.78 is 7.57. The fourth-order valence-corrected chi connectivity index (χ4v) is 2.34. The van der Waals surface area contributed by atoms with Crippen LogP contribution >= 0.6 is 0 Å². The van der Waals surface area contributed by atoms with Crippen molar-refractivity contribution in [2.45, 2.75) is 45.3 Å². The Morgan fingerprint density at radius 3 is 3.06 bits per heavy atom. The average Bonchev–Trinajstić information content (AvgIpc) is 2.65. The molecule has 0 aromatic carbocycles. The third-order valence-corrected chi connectivity index (χ3v) is 3.35. The minimum absolute atomic E-state index is 0.478. The zero-order valence-electron chi connectivity index (χ0n) is 10.9. The summed E-state index contributed by atoms with van der Waals surface area (Å²) in [6, 6.07) is 0. The summed E-state index contributed by atoms with van der Waals surface area (Å²) in [6.07, 6.45) is 7.48. The third kappa shape index (κ3) is 3.82. The Bertz CT molecular complexity index is 342. The number of aromatic nitrogens is 2. The van der Waals surface area contributed by atoms with Crippen LogP contribution in [0.3, 0.4) is 0 Å². The largest absolute Gasteiger partial charge is 0.378 e. The molecule has 96 valence electrons. The highest BCUT2D eigenvalue weighted by atomic mass is 16.5. The Labute approximate surface area is 103 Å². The van der Waals surface area contributed by atoms with Crippen LogP contribution in [0.1, 0.15) is 36.9 Å². The van der Waals surface area contributed by atoms with Gasteiger partial charge in [-0.15, -0.1) is 0 Å². The van der Waals surface area contributed by atoms with E-state index in [1.54, 1.807) is 0 Å². The first kappa shape index (κ1) is 12.6. The highest BCUT2D eigenvalue weighted by Gasteiger charge is 2.12. The molecule has 4 nitrogen and oxygen atoms in total. The first-order chi connectivity index (χ1) is 8.25. The van der Waals surface area contributed by atoms with Gasteiger partial charge in [0.1, 0.15) is 0 Å². The van der Waals surface area contributed by atoms with Crippen molar-refractivity contribution < 1.29 is 4.74 Å². The van der Waals surface area contributed by atoms with Crippen molar-refractivity contribution in [2.24, 2.45) is 7.05 Å². The molecule has 1 fully saturated rings. The van der Waals surface area contributed by atoms with Crippen LogP contribution in [0.2, 0.25) is 0 Å². The lowest BCUT2D eigenvalue weighted by atomic mass is 10.1. The van der Waals surface area contributed by atoms with Gasteiger partial charge in [0.2, 0.25) is 0 Å². The molecular weight excluding hydrogens is 214 g/mol. The number of ether oxygens (including phenoxy) is 1. The Kier molecular flexibility index (Phi) is 4.57. The van der Waals surface area contributed by atoms with Gasteiger partial charge in [0.05, 0.1) is 11.8 Å². The summed E-state index contributed by atoms with van der Waals surface area (Å²) in [7, 11) is 1.96. The SMILES string of the molecule is Cc1nn(C)cc1CNCCC1CCCCO1.